The second kappa shape index (κ2) is 11.4. The molecule has 3 rings (SSSR count). The maximum absolute atomic E-state index is 13.2. The van der Waals surface area contributed by atoms with E-state index in [1.165, 1.54) is 5.56 Å². The van der Waals surface area contributed by atoms with E-state index >= 15 is 0 Å². The number of piperidine rings is 1. The van der Waals surface area contributed by atoms with Crippen LogP contribution >= 0.6 is 22.6 Å². The molecule has 1 aliphatic heterocycles. The monoisotopic (exact) mass is 586 g/mol. The van der Waals surface area contributed by atoms with E-state index in [2.05, 4.69) is 65.6 Å². The molecule has 1 aliphatic rings. The third-order valence-corrected chi connectivity index (χ3v) is 7.78. The Bertz CT molecular complexity index is 944. The summed E-state index contributed by atoms with van der Waals surface area (Å²) in [6, 6.07) is 13.7. The van der Waals surface area contributed by atoms with Gasteiger partial charge in [0, 0.05) is 21.6 Å². The average molecular weight is 586 g/mol. The fraction of sp³-hybridized carbons (Fsp3) is 0.519. The molecule has 0 radical (unpaired) electrons. The molecular weight excluding hydrogens is 554 g/mol. The standard InChI is InChI=1S/C27H33F3INO2/c1-17(2)4-13-24(19-7-11-23(31)12-8-19)32-15-14-21(18(3)26(33)34)16-25(32)20-5-9-22(10-6-20)27(28,29)30/h5-12,17-18,21,24-25H,4,13-16H2,1-3H3,(H,33,34)/p-1/t18?,21-,24-,25+/m0/s1. The Labute approximate surface area is 213 Å². The van der Waals surface area contributed by atoms with E-state index in [9.17, 15) is 23.1 Å². The third kappa shape index (κ3) is 6.74. The molecule has 1 unspecified atom stereocenters. The number of likely N-dealkylation sites (tertiary alicyclic amines) is 1. The molecule has 2 aromatic carbocycles. The highest BCUT2D eigenvalue weighted by Crippen LogP contribution is 2.44. The second-order valence-corrected chi connectivity index (χ2v) is 11.0. The molecule has 0 bridgehead atoms. The van der Waals surface area contributed by atoms with Gasteiger partial charge in [0.1, 0.15) is 0 Å². The van der Waals surface area contributed by atoms with Crippen LogP contribution in [-0.4, -0.2) is 17.4 Å². The zero-order chi connectivity index (χ0) is 25.0. The molecule has 186 valence electrons. The highest BCUT2D eigenvalue weighted by atomic mass is 127. The number of carboxylic acid groups (broad SMARTS) is 1. The Morgan fingerprint density at radius 3 is 2.21 bits per heavy atom. The van der Waals surface area contributed by atoms with Crippen molar-refractivity contribution in [3.63, 3.8) is 0 Å². The first kappa shape index (κ1) is 27.0. The number of aliphatic carboxylic acids is 1. The van der Waals surface area contributed by atoms with Crippen LogP contribution in [0, 0.1) is 21.3 Å². The van der Waals surface area contributed by atoms with Crippen LogP contribution in [0.4, 0.5) is 13.2 Å². The van der Waals surface area contributed by atoms with E-state index in [0.717, 1.165) is 40.5 Å². The lowest BCUT2D eigenvalue weighted by Gasteiger charge is -2.46. The Morgan fingerprint density at radius 2 is 1.68 bits per heavy atom. The molecule has 1 saturated heterocycles. The van der Waals surface area contributed by atoms with Gasteiger partial charge in [0.15, 0.2) is 0 Å². The van der Waals surface area contributed by atoms with Crippen molar-refractivity contribution in [3.8, 4) is 0 Å². The van der Waals surface area contributed by atoms with Gasteiger partial charge in [-0.1, -0.05) is 45.0 Å². The number of halogens is 4. The summed E-state index contributed by atoms with van der Waals surface area (Å²) in [6.07, 6.45) is -1.16. The molecule has 1 fully saturated rings. The molecule has 0 saturated carbocycles. The van der Waals surface area contributed by atoms with Gasteiger partial charge in [0.2, 0.25) is 0 Å². The maximum atomic E-state index is 13.2. The van der Waals surface area contributed by atoms with E-state index in [1.54, 1.807) is 19.1 Å². The lowest BCUT2D eigenvalue weighted by molar-refractivity contribution is -0.313. The van der Waals surface area contributed by atoms with Crippen molar-refractivity contribution in [1.29, 1.82) is 0 Å². The summed E-state index contributed by atoms with van der Waals surface area (Å²) >= 11 is 2.28. The van der Waals surface area contributed by atoms with Crippen LogP contribution in [-0.2, 0) is 11.0 Å². The van der Waals surface area contributed by atoms with Crippen molar-refractivity contribution in [3.05, 3.63) is 68.8 Å². The van der Waals surface area contributed by atoms with Crippen LogP contribution in [0.1, 0.15) is 75.2 Å². The summed E-state index contributed by atoms with van der Waals surface area (Å²) in [7, 11) is 0. The number of hydrogen-bond acceptors (Lipinski definition) is 3. The first-order valence-electron chi connectivity index (χ1n) is 11.9. The summed E-state index contributed by atoms with van der Waals surface area (Å²) in [4.78, 5) is 14.0. The number of carbonyl (C=O) groups excluding carboxylic acids is 1. The lowest BCUT2D eigenvalue weighted by atomic mass is 9.78. The molecule has 34 heavy (non-hydrogen) atoms. The van der Waals surface area contributed by atoms with Gasteiger partial charge in [-0.05, 0) is 108 Å². The molecular formula is C27H32F3INO2-. The molecule has 0 spiro atoms. The minimum Gasteiger partial charge on any atom is -0.550 e. The van der Waals surface area contributed by atoms with Crippen molar-refractivity contribution < 1.29 is 23.1 Å². The largest absolute Gasteiger partial charge is 0.550 e. The summed E-state index contributed by atoms with van der Waals surface area (Å²) in [5.41, 5.74) is 1.31. The van der Waals surface area contributed by atoms with Gasteiger partial charge in [-0.25, -0.2) is 0 Å². The predicted molar refractivity (Wildman–Crippen MR) is 134 cm³/mol. The second-order valence-electron chi connectivity index (χ2n) is 9.80. The Balaban J connectivity index is 1.99. The molecule has 0 amide bonds. The fourth-order valence-electron chi connectivity index (χ4n) is 4.95. The topological polar surface area (TPSA) is 43.4 Å². The first-order valence-corrected chi connectivity index (χ1v) is 12.9. The summed E-state index contributed by atoms with van der Waals surface area (Å²) in [5.74, 6) is -1.24. The SMILES string of the molecule is CC(C)CC[C@@H](c1ccc(I)cc1)N1CC[C@H](C(C)C(=O)[O-])C[C@@H]1c1ccc(C(F)(F)F)cc1. The van der Waals surface area contributed by atoms with Crippen molar-refractivity contribution in [2.75, 3.05) is 6.54 Å². The smallest absolute Gasteiger partial charge is 0.416 e. The minimum atomic E-state index is -4.39. The van der Waals surface area contributed by atoms with Crippen LogP contribution in [0.3, 0.4) is 0 Å². The summed E-state index contributed by atoms with van der Waals surface area (Å²) < 4.78 is 40.7. The number of benzene rings is 2. The number of hydrogen-bond donors (Lipinski definition) is 0. The molecule has 0 N–H and O–H groups in total. The van der Waals surface area contributed by atoms with Gasteiger partial charge < -0.3 is 9.90 Å². The Hall–Kier alpha value is -1.61. The summed E-state index contributed by atoms with van der Waals surface area (Å²) in [5, 5.41) is 11.6. The van der Waals surface area contributed by atoms with Crippen LogP contribution in [0.15, 0.2) is 48.5 Å². The van der Waals surface area contributed by atoms with E-state index in [0.29, 0.717) is 18.9 Å². The van der Waals surface area contributed by atoms with Crippen molar-refractivity contribution >= 4 is 28.6 Å². The van der Waals surface area contributed by atoms with E-state index in [4.69, 9.17) is 0 Å². The molecule has 7 heteroatoms. The van der Waals surface area contributed by atoms with Gasteiger partial charge in [-0.2, -0.15) is 13.2 Å². The normalized spacial score (nSPS) is 21.4. The number of nitrogens with zero attached hydrogens (tertiary/aromatic N) is 1. The van der Waals surface area contributed by atoms with Crippen LogP contribution in [0.25, 0.3) is 0 Å². The van der Waals surface area contributed by atoms with Gasteiger partial charge in [-0.15, -0.1) is 0 Å². The van der Waals surface area contributed by atoms with Crippen molar-refractivity contribution in [2.24, 2.45) is 17.8 Å². The highest BCUT2D eigenvalue weighted by Gasteiger charge is 2.37. The van der Waals surface area contributed by atoms with Crippen molar-refractivity contribution in [2.45, 2.75) is 64.7 Å². The van der Waals surface area contributed by atoms with Crippen LogP contribution in [0.2, 0.25) is 0 Å². The van der Waals surface area contributed by atoms with Gasteiger partial charge in [0.05, 0.1) is 5.56 Å². The number of carboxylic acids is 1. The third-order valence-electron chi connectivity index (χ3n) is 7.06. The number of carbonyl (C=O) groups is 1. The maximum Gasteiger partial charge on any atom is 0.416 e. The molecule has 0 aromatic heterocycles. The molecule has 2 aromatic rings. The van der Waals surface area contributed by atoms with Gasteiger partial charge in [-0.3, -0.25) is 4.90 Å². The van der Waals surface area contributed by atoms with Crippen LogP contribution < -0.4 is 5.11 Å². The van der Waals surface area contributed by atoms with Crippen LogP contribution in [0.5, 0.6) is 0 Å². The number of alkyl halides is 3. The van der Waals surface area contributed by atoms with E-state index in [1.807, 2.05) is 0 Å². The summed E-state index contributed by atoms with van der Waals surface area (Å²) in [6.45, 7) is 6.73. The number of rotatable bonds is 8. The minimum absolute atomic E-state index is 0.0870. The average Bonchev–Trinajstić information content (AvgIpc) is 2.79. The van der Waals surface area contributed by atoms with Gasteiger partial charge >= 0.3 is 6.18 Å². The first-order chi connectivity index (χ1) is 16.0. The lowest BCUT2D eigenvalue weighted by Crippen LogP contribution is -2.44. The highest BCUT2D eigenvalue weighted by molar-refractivity contribution is 14.1. The quantitative estimate of drug-likeness (QED) is 0.327. The molecule has 0 aliphatic carbocycles. The predicted octanol–water partition coefficient (Wildman–Crippen LogP) is 6.63. The zero-order valence-corrected chi connectivity index (χ0v) is 22.0. The Kier molecular flexibility index (Phi) is 9.06. The van der Waals surface area contributed by atoms with E-state index < -0.39 is 23.6 Å². The van der Waals surface area contributed by atoms with E-state index in [-0.39, 0.29) is 18.0 Å². The van der Waals surface area contributed by atoms with Crippen molar-refractivity contribution in [1.82, 2.24) is 4.90 Å². The molecule has 1 heterocycles. The van der Waals surface area contributed by atoms with Gasteiger partial charge in [0.25, 0.3) is 0 Å². The molecule has 4 atom stereocenters. The Morgan fingerprint density at radius 1 is 1.06 bits per heavy atom. The zero-order valence-electron chi connectivity index (χ0n) is 19.8. The molecule has 3 nitrogen and oxygen atoms in total. The fourth-order valence-corrected chi connectivity index (χ4v) is 5.31.